The van der Waals surface area contributed by atoms with Crippen molar-refractivity contribution in [2.45, 2.75) is 13.1 Å². The zero-order valence-electron chi connectivity index (χ0n) is 9.90. The van der Waals surface area contributed by atoms with Gasteiger partial charge in [0.2, 0.25) is 11.8 Å². The normalized spacial score (nSPS) is 11.4. The Morgan fingerprint density at radius 2 is 2.00 bits per heavy atom. The number of ether oxygens (including phenoxy) is 1. The van der Waals surface area contributed by atoms with Gasteiger partial charge >= 0.3 is 6.18 Å². The number of hydrogen-bond acceptors (Lipinski definition) is 4. The van der Waals surface area contributed by atoms with E-state index in [9.17, 15) is 13.2 Å². The van der Waals surface area contributed by atoms with E-state index < -0.39 is 11.7 Å². The molecule has 0 aliphatic rings. The Morgan fingerprint density at radius 3 is 2.68 bits per heavy atom. The lowest BCUT2D eigenvalue weighted by atomic mass is 10.2. The highest BCUT2D eigenvalue weighted by Crippen LogP contribution is 2.32. The molecular weight excluding hydrogens is 259 g/mol. The lowest BCUT2D eigenvalue weighted by Gasteiger charge is -2.10. The number of nitrogens with two attached hydrogens (primary N) is 1. The number of aryl methyl sites for hydroxylation is 1. The largest absolute Gasteiger partial charge is 0.439 e. The van der Waals surface area contributed by atoms with Crippen LogP contribution >= 0.6 is 0 Å². The third-order valence-electron chi connectivity index (χ3n) is 2.32. The van der Waals surface area contributed by atoms with Gasteiger partial charge < -0.3 is 10.5 Å². The first-order valence-corrected chi connectivity index (χ1v) is 5.30. The second kappa shape index (κ2) is 4.75. The van der Waals surface area contributed by atoms with Crippen LogP contribution in [0.5, 0.6) is 11.6 Å². The van der Waals surface area contributed by atoms with Gasteiger partial charge in [-0.3, -0.25) is 0 Å². The summed E-state index contributed by atoms with van der Waals surface area (Å²) in [4.78, 5) is 7.57. The van der Waals surface area contributed by atoms with Crippen molar-refractivity contribution in [2.24, 2.45) is 0 Å². The number of benzene rings is 1. The number of halogens is 3. The van der Waals surface area contributed by atoms with Gasteiger partial charge in [0.25, 0.3) is 0 Å². The Hall–Kier alpha value is -2.31. The van der Waals surface area contributed by atoms with Crippen LogP contribution in [0.2, 0.25) is 0 Å². The Kier molecular flexibility index (Phi) is 3.28. The summed E-state index contributed by atoms with van der Waals surface area (Å²) in [6.07, 6.45) is -2.98. The molecule has 0 spiro atoms. The minimum atomic E-state index is -4.42. The van der Waals surface area contributed by atoms with Gasteiger partial charge in [-0.1, -0.05) is 6.07 Å². The van der Waals surface area contributed by atoms with E-state index in [-0.39, 0.29) is 17.6 Å². The molecule has 0 atom stereocenters. The van der Waals surface area contributed by atoms with Gasteiger partial charge in [0.1, 0.15) is 5.75 Å². The van der Waals surface area contributed by atoms with E-state index in [1.807, 2.05) is 0 Å². The average molecular weight is 269 g/mol. The lowest BCUT2D eigenvalue weighted by Crippen LogP contribution is -2.05. The van der Waals surface area contributed by atoms with Crippen molar-refractivity contribution in [1.29, 1.82) is 0 Å². The Morgan fingerprint density at radius 1 is 1.26 bits per heavy atom. The molecule has 0 aliphatic heterocycles. The minimum absolute atomic E-state index is 0.00687. The van der Waals surface area contributed by atoms with Crippen molar-refractivity contribution < 1.29 is 17.9 Å². The molecule has 0 amide bonds. The van der Waals surface area contributed by atoms with Crippen LogP contribution in [0.3, 0.4) is 0 Å². The lowest BCUT2D eigenvalue weighted by molar-refractivity contribution is -0.137. The molecular formula is C12H10F3N3O. The molecule has 1 aromatic heterocycles. The Balaban J connectivity index is 2.31. The van der Waals surface area contributed by atoms with Gasteiger partial charge in [-0.25, -0.2) is 4.98 Å². The van der Waals surface area contributed by atoms with Gasteiger partial charge in [-0.05, 0) is 25.1 Å². The second-order valence-electron chi connectivity index (χ2n) is 3.84. The molecule has 19 heavy (non-hydrogen) atoms. The predicted octanol–water partition coefficient (Wildman–Crippen LogP) is 3.18. The molecule has 4 nitrogen and oxygen atoms in total. The van der Waals surface area contributed by atoms with Crippen LogP contribution in [0.25, 0.3) is 0 Å². The highest BCUT2D eigenvalue weighted by atomic mass is 19.4. The zero-order valence-corrected chi connectivity index (χ0v) is 9.90. The first-order chi connectivity index (χ1) is 8.86. The standard InChI is InChI=1S/C12H10F3N3O/c1-7-6-17-11(16)18-10(7)19-9-4-2-3-8(5-9)12(13,14)15/h2-6H,1H3,(H2,16,17,18). The van der Waals surface area contributed by atoms with E-state index in [0.29, 0.717) is 5.56 Å². The van der Waals surface area contributed by atoms with Crippen LogP contribution in [-0.4, -0.2) is 9.97 Å². The average Bonchev–Trinajstić information content (AvgIpc) is 2.33. The van der Waals surface area contributed by atoms with Crippen LogP contribution in [0.1, 0.15) is 11.1 Å². The molecule has 2 aromatic rings. The smallest absolute Gasteiger partial charge is 0.416 e. The number of aromatic nitrogens is 2. The molecule has 100 valence electrons. The van der Waals surface area contributed by atoms with Crippen molar-refractivity contribution in [3.63, 3.8) is 0 Å². The number of alkyl halides is 3. The van der Waals surface area contributed by atoms with Crippen molar-refractivity contribution in [2.75, 3.05) is 5.73 Å². The fraction of sp³-hybridized carbons (Fsp3) is 0.167. The number of nitrogens with zero attached hydrogens (tertiary/aromatic N) is 2. The SMILES string of the molecule is Cc1cnc(N)nc1Oc1cccc(C(F)(F)F)c1. The maximum atomic E-state index is 12.5. The zero-order chi connectivity index (χ0) is 14.0. The minimum Gasteiger partial charge on any atom is -0.439 e. The quantitative estimate of drug-likeness (QED) is 0.909. The maximum absolute atomic E-state index is 12.5. The summed E-state index contributed by atoms with van der Waals surface area (Å²) in [5.74, 6) is 0.162. The summed E-state index contributed by atoms with van der Waals surface area (Å²) in [6, 6.07) is 4.54. The van der Waals surface area contributed by atoms with Crippen molar-refractivity contribution in [1.82, 2.24) is 9.97 Å². The van der Waals surface area contributed by atoms with Crippen LogP contribution in [0.15, 0.2) is 30.5 Å². The van der Waals surface area contributed by atoms with Crippen LogP contribution in [-0.2, 0) is 6.18 Å². The third-order valence-corrected chi connectivity index (χ3v) is 2.32. The maximum Gasteiger partial charge on any atom is 0.416 e. The van der Waals surface area contributed by atoms with Crippen LogP contribution in [0.4, 0.5) is 19.1 Å². The fourth-order valence-corrected chi connectivity index (χ4v) is 1.39. The monoisotopic (exact) mass is 269 g/mol. The van der Waals surface area contributed by atoms with Crippen molar-refractivity contribution >= 4 is 5.95 Å². The van der Waals surface area contributed by atoms with E-state index in [2.05, 4.69) is 9.97 Å². The van der Waals surface area contributed by atoms with Gasteiger partial charge in [0.05, 0.1) is 5.56 Å². The summed E-state index contributed by atoms with van der Waals surface area (Å²) >= 11 is 0. The second-order valence-corrected chi connectivity index (χ2v) is 3.84. The summed E-state index contributed by atoms with van der Waals surface area (Å²) in [5.41, 5.74) is 5.19. The van der Waals surface area contributed by atoms with E-state index >= 15 is 0 Å². The first-order valence-electron chi connectivity index (χ1n) is 5.30. The number of nitrogen functional groups attached to an aromatic ring is 1. The topological polar surface area (TPSA) is 61.0 Å². The molecule has 0 aliphatic carbocycles. The van der Waals surface area contributed by atoms with Crippen LogP contribution in [0, 0.1) is 6.92 Å². The molecule has 0 saturated heterocycles. The van der Waals surface area contributed by atoms with E-state index in [0.717, 1.165) is 12.1 Å². The highest BCUT2D eigenvalue weighted by Gasteiger charge is 2.30. The molecule has 0 bridgehead atoms. The fourth-order valence-electron chi connectivity index (χ4n) is 1.39. The van der Waals surface area contributed by atoms with Gasteiger partial charge in [0.15, 0.2) is 0 Å². The number of rotatable bonds is 2. The summed E-state index contributed by atoms with van der Waals surface area (Å²) in [6.45, 7) is 1.67. The molecule has 0 unspecified atom stereocenters. The van der Waals surface area contributed by atoms with Gasteiger partial charge in [-0.15, -0.1) is 0 Å². The van der Waals surface area contributed by atoms with Crippen molar-refractivity contribution in [3.8, 4) is 11.6 Å². The molecule has 7 heteroatoms. The van der Waals surface area contributed by atoms with E-state index in [1.165, 1.54) is 18.3 Å². The molecule has 1 heterocycles. The molecule has 0 saturated carbocycles. The Bertz CT molecular complexity index is 599. The summed E-state index contributed by atoms with van der Waals surface area (Å²) in [5, 5.41) is 0. The van der Waals surface area contributed by atoms with E-state index in [1.54, 1.807) is 6.92 Å². The third kappa shape index (κ3) is 3.12. The summed E-state index contributed by atoms with van der Waals surface area (Å²) < 4.78 is 42.9. The molecule has 1 aromatic carbocycles. The summed E-state index contributed by atoms with van der Waals surface area (Å²) in [7, 11) is 0. The molecule has 0 fully saturated rings. The first kappa shape index (κ1) is 13.1. The van der Waals surface area contributed by atoms with E-state index in [4.69, 9.17) is 10.5 Å². The highest BCUT2D eigenvalue weighted by molar-refractivity contribution is 5.36. The molecule has 2 N–H and O–H groups in total. The predicted molar refractivity (Wildman–Crippen MR) is 62.7 cm³/mol. The Labute approximate surface area is 107 Å². The molecule has 2 rings (SSSR count). The van der Waals surface area contributed by atoms with Gasteiger partial charge in [0, 0.05) is 11.8 Å². The number of anilines is 1. The van der Waals surface area contributed by atoms with Crippen molar-refractivity contribution in [3.05, 3.63) is 41.6 Å². The van der Waals surface area contributed by atoms with Gasteiger partial charge in [-0.2, -0.15) is 18.2 Å². The van der Waals surface area contributed by atoms with Crippen LogP contribution < -0.4 is 10.5 Å². The molecule has 0 radical (unpaired) electrons. The number of hydrogen-bond donors (Lipinski definition) is 1.